The minimum absolute atomic E-state index is 0.0746. The molecule has 0 bridgehead atoms. The molecule has 0 saturated heterocycles. The molecule has 6 heteroatoms. The number of rotatable bonds is 12. The van der Waals surface area contributed by atoms with E-state index in [1.807, 2.05) is 31.3 Å². The first-order valence-corrected chi connectivity index (χ1v) is 12.6. The van der Waals surface area contributed by atoms with Gasteiger partial charge in [-0.25, -0.2) is 0 Å². The van der Waals surface area contributed by atoms with Gasteiger partial charge in [0.2, 0.25) is 0 Å². The Kier molecular flexibility index (Phi) is 9.81. The molecule has 3 aromatic carbocycles. The fourth-order valence-corrected chi connectivity index (χ4v) is 4.52. The fourth-order valence-electron chi connectivity index (χ4n) is 4.52. The van der Waals surface area contributed by atoms with Crippen molar-refractivity contribution in [3.05, 3.63) is 113 Å². The fraction of sp³-hybridized carbons (Fsp3) is 0.355. The first-order chi connectivity index (χ1) is 17.6. The van der Waals surface area contributed by atoms with E-state index in [9.17, 15) is 13.2 Å². The molecule has 0 spiro atoms. The molecule has 0 radical (unpaired) electrons. The Hall–Kier alpha value is -3.25. The zero-order chi connectivity index (χ0) is 27.0. The van der Waals surface area contributed by atoms with Gasteiger partial charge in [-0.05, 0) is 65.6 Å². The Morgan fingerprint density at radius 3 is 2.19 bits per heavy atom. The summed E-state index contributed by atoms with van der Waals surface area (Å²) in [5, 5.41) is 6.97. The number of nitrogens with one attached hydrogen (secondary N) is 2. The maximum absolute atomic E-state index is 13.0. The highest BCUT2D eigenvalue weighted by Gasteiger charge is 2.30. The summed E-state index contributed by atoms with van der Waals surface area (Å²) >= 11 is 0. The Morgan fingerprint density at radius 1 is 0.946 bits per heavy atom. The molecule has 198 valence electrons. The van der Waals surface area contributed by atoms with Crippen LogP contribution in [-0.4, -0.2) is 14.2 Å². The van der Waals surface area contributed by atoms with Crippen molar-refractivity contribution in [2.75, 3.05) is 14.2 Å². The van der Waals surface area contributed by atoms with E-state index in [1.165, 1.54) is 0 Å². The number of halogens is 3. The summed E-state index contributed by atoms with van der Waals surface area (Å²) < 4.78 is 44.7. The van der Waals surface area contributed by atoms with Crippen LogP contribution in [0.1, 0.15) is 60.2 Å². The number of methoxy groups -OCH3 is 1. The molecule has 0 aliphatic heterocycles. The van der Waals surface area contributed by atoms with Gasteiger partial charge in [0, 0.05) is 18.8 Å². The van der Waals surface area contributed by atoms with E-state index in [4.69, 9.17) is 4.74 Å². The second-order valence-corrected chi connectivity index (χ2v) is 9.74. The Morgan fingerprint density at radius 2 is 1.62 bits per heavy atom. The van der Waals surface area contributed by atoms with Crippen LogP contribution in [0.2, 0.25) is 0 Å². The second-order valence-electron chi connectivity index (χ2n) is 9.74. The molecule has 0 aromatic heterocycles. The summed E-state index contributed by atoms with van der Waals surface area (Å²) in [7, 11) is 3.53. The van der Waals surface area contributed by atoms with E-state index in [0.717, 1.165) is 52.3 Å². The van der Waals surface area contributed by atoms with Crippen LogP contribution in [0.3, 0.4) is 0 Å². The number of benzene rings is 3. The highest BCUT2D eigenvalue weighted by atomic mass is 19.4. The molecular formula is C31H37F3N2O. The molecule has 0 saturated carbocycles. The van der Waals surface area contributed by atoms with E-state index in [0.29, 0.717) is 18.8 Å². The number of aryl methyl sites for hydroxylation is 1. The van der Waals surface area contributed by atoms with Crippen molar-refractivity contribution in [2.45, 2.75) is 51.4 Å². The molecule has 3 rings (SSSR count). The van der Waals surface area contributed by atoms with E-state index < -0.39 is 11.7 Å². The van der Waals surface area contributed by atoms with Crippen LogP contribution in [0.4, 0.5) is 13.2 Å². The maximum Gasteiger partial charge on any atom is 0.416 e. The molecule has 0 amide bonds. The van der Waals surface area contributed by atoms with Crippen LogP contribution in [0, 0.1) is 5.92 Å². The number of hydrogen-bond donors (Lipinski definition) is 2. The van der Waals surface area contributed by atoms with Gasteiger partial charge in [0.05, 0.1) is 18.7 Å². The predicted octanol–water partition coefficient (Wildman–Crippen LogP) is 7.65. The third kappa shape index (κ3) is 7.86. The highest BCUT2D eigenvalue weighted by molar-refractivity contribution is 5.39. The monoisotopic (exact) mass is 510 g/mol. The van der Waals surface area contributed by atoms with Crippen molar-refractivity contribution in [2.24, 2.45) is 5.92 Å². The van der Waals surface area contributed by atoms with Crippen molar-refractivity contribution in [1.82, 2.24) is 10.6 Å². The summed E-state index contributed by atoms with van der Waals surface area (Å²) in [6.45, 7) is 8.58. The van der Waals surface area contributed by atoms with Crippen molar-refractivity contribution in [3.63, 3.8) is 0 Å². The molecule has 2 N–H and O–H groups in total. The Labute approximate surface area is 218 Å². The molecule has 0 heterocycles. The second kappa shape index (κ2) is 12.8. The maximum atomic E-state index is 13.0. The number of hydrogen-bond acceptors (Lipinski definition) is 3. The lowest BCUT2D eigenvalue weighted by Crippen LogP contribution is -2.31. The van der Waals surface area contributed by atoms with Gasteiger partial charge < -0.3 is 10.1 Å². The predicted molar refractivity (Wildman–Crippen MR) is 145 cm³/mol. The van der Waals surface area contributed by atoms with Gasteiger partial charge in [-0.15, -0.1) is 0 Å². The van der Waals surface area contributed by atoms with E-state index in [2.05, 4.69) is 55.3 Å². The Bertz CT molecular complexity index is 1140. The van der Waals surface area contributed by atoms with Gasteiger partial charge in [0.25, 0.3) is 0 Å². The van der Waals surface area contributed by atoms with Gasteiger partial charge in [-0.2, -0.15) is 13.2 Å². The van der Waals surface area contributed by atoms with Gasteiger partial charge in [-0.1, -0.05) is 75.0 Å². The Balaban J connectivity index is 1.94. The first kappa shape index (κ1) is 28.3. The normalized spacial score (nSPS) is 13.3. The summed E-state index contributed by atoms with van der Waals surface area (Å²) in [5.41, 5.74) is 4.39. The number of ether oxygens (including phenoxy) is 1. The minimum Gasteiger partial charge on any atom is -0.496 e. The first-order valence-electron chi connectivity index (χ1n) is 12.6. The minimum atomic E-state index is -4.34. The highest BCUT2D eigenvalue weighted by Crippen LogP contribution is 2.32. The lowest BCUT2D eigenvalue weighted by molar-refractivity contribution is -0.137. The summed E-state index contributed by atoms with van der Waals surface area (Å²) in [6.07, 6.45) is -2.14. The molecular weight excluding hydrogens is 473 g/mol. The van der Waals surface area contributed by atoms with Gasteiger partial charge >= 0.3 is 6.18 Å². The molecule has 0 aliphatic rings. The standard InChI is InChI=1S/C31H37F3N2O/c1-21(2)19-26-20-25(14-18-29(26)37-5)28(17-13-23-11-15-27(16-12-23)31(32,33)34)36-30(22(3)35-4)24-9-7-6-8-10-24/h6-12,14-16,18,20-21,28,30,35-36H,3,13,17,19H2,1-2,4-5H3/t28-,30+/m1/s1. The van der Waals surface area contributed by atoms with Crippen LogP contribution >= 0.6 is 0 Å². The van der Waals surface area contributed by atoms with Crippen molar-refractivity contribution < 1.29 is 17.9 Å². The van der Waals surface area contributed by atoms with Crippen molar-refractivity contribution in [3.8, 4) is 5.75 Å². The third-order valence-electron chi connectivity index (χ3n) is 6.51. The zero-order valence-corrected chi connectivity index (χ0v) is 22.0. The zero-order valence-electron chi connectivity index (χ0n) is 22.0. The van der Waals surface area contributed by atoms with Crippen molar-refractivity contribution in [1.29, 1.82) is 0 Å². The molecule has 3 aromatic rings. The smallest absolute Gasteiger partial charge is 0.416 e. The molecule has 2 atom stereocenters. The number of alkyl halides is 3. The summed E-state index contributed by atoms with van der Waals surface area (Å²) in [5.74, 6) is 1.32. The summed E-state index contributed by atoms with van der Waals surface area (Å²) in [4.78, 5) is 0. The average Bonchev–Trinajstić information content (AvgIpc) is 2.88. The van der Waals surface area contributed by atoms with Crippen molar-refractivity contribution >= 4 is 0 Å². The van der Waals surface area contributed by atoms with Crippen LogP contribution in [0.15, 0.2) is 85.1 Å². The molecule has 37 heavy (non-hydrogen) atoms. The summed E-state index contributed by atoms with van der Waals surface area (Å²) in [6, 6.07) is 21.6. The molecule has 3 nitrogen and oxygen atoms in total. The molecule has 0 aliphatic carbocycles. The van der Waals surface area contributed by atoms with Gasteiger partial charge in [-0.3, -0.25) is 5.32 Å². The topological polar surface area (TPSA) is 33.3 Å². The molecule has 0 unspecified atom stereocenters. The average molecular weight is 511 g/mol. The lowest BCUT2D eigenvalue weighted by atomic mass is 9.92. The third-order valence-corrected chi connectivity index (χ3v) is 6.51. The number of likely N-dealkylation sites (N-methyl/N-ethyl adjacent to an activating group) is 1. The van der Waals surface area contributed by atoms with Gasteiger partial charge in [0.15, 0.2) is 0 Å². The van der Waals surface area contributed by atoms with Crippen LogP contribution in [-0.2, 0) is 19.0 Å². The van der Waals surface area contributed by atoms with E-state index in [1.54, 1.807) is 19.2 Å². The van der Waals surface area contributed by atoms with E-state index >= 15 is 0 Å². The quantitative estimate of drug-likeness (QED) is 0.263. The van der Waals surface area contributed by atoms with Crippen LogP contribution < -0.4 is 15.4 Å². The van der Waals surface area contributed by atoms with Crippen LogP contribution in [0.5, 0.6) is 5.75 Å². The van der Waals surface area contributed by atoms with E-state index in [-0.39, 0.29) is 12.1 Å². The lowest BCUT2D eigenvalue weighted by Gasteiger charge is -2.29. The SMILES string of the molecule is C=C(NC)[C@H](N[C@H](CCc1ccc(C(F)(F)F)cc1)c1ccc(OC)c(CC(C)C)c1)c1ccccc1. The van der Waals surface area contributed by atoms with Crippen LogP contribution in [0.25, 0.3) is 0 Å². The molecule has 0 fully saturated rings. The van der Waals surface area contributed by atoms with Gasteiger partial charge in [0.1, 0.15) is 5.75 Å². The largest absolute Gasteiger partial charge is 0.496 e.